The van der Waals surface area contributed by atoms with E-state index in [0.717, 1.165) is 12.8 Å². The average molecular weight is 433 g/mol. The maximum Gasteiger partial charge on any atom is 2.00 e. The smallest absolute Gasteiger partial charge is 0.867 e. The zero-order valence-electron chi connectivity index (χ0n) is 16.3. The van der Waals surface area contributed by atoms with Crippen LogP contribution in [0.25, 0.3) is 0 Å². The summed E-state index contributed by atoms with van der Waals surface area (Å²) in [6.07, 6.45) is 18.7. The molecular formula is C20H38NiO2S2. The molecule has 25 heavy (non-hydrogen) atoms. The van der Waals surface area contributed by atoms with E-state index >= 15 is 0 Å². The molecule has 0 atom stereocenters. The summed E-state index contributed by atoms with van der Waals surface area (Å²) in [6.45, 7) is 4.44. The zero-order valence-corrected chi connectivity index (χ0v) is 18.9. The summed E-state index contributed by atoms with van der Waals surface area (Å²) in [5, 5.41) is 20.6. The van der Waals surface area contributed by atoms with E-state index in [2.05, 4.69) is 38.3 Å². The molecule has 0 fully saturated rings. The number of thiocarbonyl (C=S) groups is 2. The molecule has 0 unspecified atom stereocenters. The van der Waals surface area contributed by atoms with Crippen LogP contribution >= 0.6 is 24.4 Å². The first-order valence-electron chi connectivity index (χ1n) is 9.94. The molecular weight excluding hydrogens is 395 g/mol. The van der Waals surface area contributed by atoms with Crippen molar-refractivity contribution in [3.63, 3.8) is 0 Å². The van der Waals surface area contributed by atoms with E-state index in [-0.39, 0.29) is 26.6 Å². The van der Waals surface area contributed by atoms with Gasteiger partial charge in [-0.05, 0) is 25.7 Å². The van der Waals surface area contributed by atoms with Gasteiger partial charge in [0.1, 0.15) is 0 Å². The van der Waals surface area contributed by atoms with Gasteiger partial charge in [0.2, 0.25) is 0 Å². The molecule has 2 nitrogen and oxygen atoms in total. The third-order valence-corrected chi connectivity index (χ3v) is 4.38. The summed E-state index contributed by atoms with van der Waals surface area (Å²) in [7, 11) is 0. The van der Waals surface area contributed by atoms with E-state index in [1.807, 2.05) is 0 Å². The zero-order chi connectivity index (χ0) is 18.5. The van der Waals surface area contributed by atoms with E-state index in [0.29, 0.717) is 12.8 Å². The molecule has 0 aromatic carbocycles. The fraction of sp³-hybridized carbons (Fsp3) is 0.900. The Morgan fingerprint density at radius 2 is 0.760 bits per heavy atom. The first kappa shape index (κ1) is 30.0. The normalized spacial score (nSPS) is 9.68. The van der Waals surface area contributed by atoms with Crippen LogP contribution in [0.5, 0.6) is 0 Å². The van der Waals surface area contributed by atoms with Crippen LogP contribution in [-0.2, 0) is 16.5 Å². The molecule has 0 rings (SSSR count). The first-order chi connectivity index (χ1) is 11.5. The summed E-state index contributed by atoms with van der Waals surface area (Å²) in [4.78, 5) is 0. The number of unbranched alkanes of at least 4 members (excludes halogenated alkanes) is 12. The Labute approximate surface area is 177 Å². The SMILES string of the molecule is CCCCCCCCCC([O-])=S.CCCCCCCCCC([O-])=S.[Ni+2]. The molecule has 0 aromatic rings. The largest absolute Gasteiger partial charge is 2.00 e. The molecule has 0 aliphatic rings. The molecule has 0 aliphatic carbocycles. The fourth-order valence-electron chi connectivity index (χ4n) is 2.45. The van der Waals surface area contributed by atoms with Gasteiger partial charge in [-0.15, -0.1) is 24.4 Å². The average Bonchev–Trinajstić information content (AvgIpc) is 2.53. The molecule has 0 aromatic heterocycles. The predicted octanol–water partition coefficient (Wildman–Crippen LogP) is 5.63. The molecule has 0 saturated carbocycles. The first-order valence-corrected chi connectivity index (χ1v) is 10.8. The second kappa shape index (κ2) is 26.5. The second-order valence-corrected chi connectivity index (χ2v) is 7.40. The van der Waals surface area contributed by atoms with E-state index in [4.69, 9.17) is 0 Å². The van der Waals surface area contributed by atoms with Gasteiger partial charge in [0.25, 0.3) is 0 Å². The Kier molecular flexibility index (Phi) is 31.8. The standard InChI is InChI=1S/2C10H20OS.Ni/c2*1-2-3-4-5-6-7-8-9-10(11)12;/h2*2-9H2,1H3,(H,11,12);/q;;+2/p-2. The van der Waals surface area contributed by atoms with Crippen molar-refractivity contribution in [3.05, 3.63) is 0 Å². The molecule has 0 saturated heterocycles. The molecule has 0 N–H and O–H groups in total. The van der Waals surface area contributed by atoms with Gasteiger partial charge in [0.15, 0.2) is 0 Å². The van der Waals surface area contributed by atoms with E-state index in [9.17, 15) is 10.2 Å². The molecule has 5 heteroatoms. The number of hydrogen-bond donors (Lipinski definition) is 0. The summed E-state index contributed by atoms with van der Waals surface area (Å²) < 4.78 is 0. The summed E-state index contributed by atoms with van der Waals surface area (Å²) in [6, 6.07) is 0. The maximum absolute atomic E-state index is 10.4. The van der Waals surface area contributed by atoms with Crippen LogP contribution in [0, 0.1) is 0 Å². The Hall–Kier alpha value is 0.274. The number of hydrogen-bond acceptors (Lipinski definition) is 4. The van der Waals surface area contributed by atoms with Gasteiger partial charge >= 0.3 is 16.5 Å². The van der Waals surface area contributed by atoms with Crippen LogP contribution in [0.1, 0.15) is 117 Å². The molecule has 0 aliphatic heterocycles. The minimum atomic E-state index is -0.0800. The molecule has 0 bridgehead atoms. The minimum absolute atomic E-state index is 0. The van der Waals surface area contributed by atoms with Crippen molar-refractivity contribution in [1.82, 2.24) is 0 Å². The fourth-order valence-corrected chi connectivity index (χ4v) is 2.74. The maximum atomic E-state index is 10.4. The quantitative estimate of drug-likeness (QED) is 0.180. The minimum Gasteiger partial charge on any atom is -0.867 e. The van der Waals surface area contributed by atoms with Gasteiger partial charge < -0.3 is 10.2 Å². The molecule has 0 heterocycles. The van der Waals surface area contributed by atoms with Crippen molar-refractivity contribution >= 4 is 34.5 Å². The summed E-state index contributed by atoms with van der Waals surface area (Å²) in [5.41, 5.74) is 0. The van der Waals surface area contributed by atoms with Crippen LogP contribution in [0.2, 0.25) is 0 Å². The van der Waals surface area contributed by atoms with Gasteiger partial charge in [-0.25, -0.2) is 0 Å². The summed E-state index contributed by atoms with van der Waals surface area (Å²) >= 11 is 8.92. The second-order valence-electron chi connectivity index (χ2n) is 6.49. The Bertz CT molecular complexity index is 259. The third-order valence-electron chi connectivity index (χ3n) is 3.97. The number of rotatable bonds is 16. The van der Waals surface area contributed by atoms with Crippen LogP contribution in [0.15, 0.2) is 0 Å². The Morgan fingerprint density at radius 1 is 0.520 bits per heavy atom. The van der Waals surface area contributed by atoms with E-state index in [1.54, 1.807) is 0 Å². The Morgan fingerprint density at radius 3 is 1.00 bits per heavy atom. The van der Waals surface area contributed by atoms with Crippen LogP contribution < -0.4 is 10.2 Å². The topological polar surface area (TPSA) is 46.1 Å². The van der Waals surface area contributed by atoms with Crippen molar-refractivity contribution in [3.8, 4) is 0 Å². The van der Waals surface area contributed by atoms with Gasteiger partial charge in [0.05, 0.1) is 0 Å². The molecule has 0 amide bonds. The van der Waals surface area contributed by atoms with Gasteiger partial charge in [0, 0.05) is 0 Å². The van der Waals surface area contributed by atoms with Crippen LogP contribution in [-0.4, -0.2) is 10.1 Å². The van der Waals surface area contributed by atoms with E-state index in [1.165, 1.54) is 77.0 Å². The van der Waals surface area contributed by atoms with E-state index < -0.39 is 0 Å². The van der Waals surface area contributed by atoms with Crippen molar-refractivity contribution in [2.24, 2.45) is 0 Å². The monoisotopic (exact) mass is 432 g/mol. The molecule has 152 valence electrons. The predicted molar refractivity (Wildman–Crippen MR) is 110 cm³/mol. The van der Waals surface area contributed by atoms with Gasteiger partial charge in [-0.1, -0.05) is 101 Å². The molecule has 0 radical (unpaired) electrons. The Balaban J connectivity index is -0.000000372. The van der Waals surface area contributed by atoms with Crippen LogP contribution in [0.4, 0.5) is 0 Å². The molecule has 0 spiro atoms. The van der Waals surface area contributed by atoms with Gasteiger partial charge in [-0.2, -0.15) is 0 Å². The van der Waals surface area contributed by atoms with Crippen molar-refractivity contribution < 1.29 is 26.7 Å². The van der Waals surface area contributed by atoms with Crippen molar-refractivity contribution in [1.29, 1.82) is 0 Å². The third kappa shape index (κ3) is 36.1. The van der Waals surface area contributed by atoms with Crippen LogP contribution in [0.3, 0.4) is 0 Å². The summed E-state index contributed by atoms with van der Waals surface area (Å²) in [5.74, 6) is 0. The van der Waals surface area contributed by atoms with Gasteiger partial charge in [-0.3, -0.25) is 0 Å². The van der Waals surface area contributed by atoms with Crippen molar-refractivity contribution in [2.45, 2.75) is 117 Å². The van der Waals surface area contributed by atoms with Crippen molar-refractivity contribution in [2.75, 3.05) is 0 Å².